The van der Waals surface area contributed by atoms with Gasteiger partial charge in [0.1, 0.15) is 0 Å². The molecule has 1 saturated heterocycles. The van der Waals surface area contributed by atoms with Gasteiger partial charge >= 0.3 is 15.4 Å². The summed E-state index contributed by atoms with van der Waals surface area (Å²) in [5, 5.41) is 1.89. The lowest BCUT2D eigenvalue weighted by molar-refractivity contribution is -0.138. The highest BCUT2D eigenvalue weighted by Gasteiger charge is 2.35. The Morgan fingerprint density at radius 1 is 1.30 bits per heavy atom. The van der Waals surface area contributed by atoms with Crippen LogP contribution in [0.3, 0.4) is 0 Å². The van der Waals surface area contributed by atoms with Gasteiger partial charge in [-0.3, -0.25) is 28.4 Å². The SMILES string of the molecule is CP(=O)(O)OP(=O)(O)OCCNC(=O)CCCCCN1C(=O)CC(S)C1=O. The van der Waals surface area contributed by atoms with Crippen molar-refractivity contribution in [2.75, 3.05) is 26.4 Å². The Hall–Kier alpha value is -0.740. The van der Waals surface area contributed by atoms with Gasteiger partial charge in [-0.1, -0.05) is 6.42 Å². The van der Waals surface area contributed by atoms with E-state index < -0.39 is 20.7 Å². The highest BCUT2D eigenvalue weighted by molar-refractivity contribution is 7.81. The number of amides is 3. The molecule has 0 aromatic carbocycles. The number of nitrogens with zero attached hydrogens (tertiary/aromatic N) is 1. The van der Waals surface area contributed by atoms with Crippen molar-refractivity contribution in [1.82, 2.24) is 10.2 Å². The molecular formula is C13H24N2O9P2S. The third-order valence-electron chi connectivity index (χ3n) is 3.44. The van der Waals surface area contributed by atoms with E-state index in [0.717, 1.165) is 6.66 Å². The van der Waals surface area contributed by atoms with Crippen LogP contribution in [0.15, 0.2) is 0 Å². The zero-order chi connectivity index (χ0) is 20.7. The minimum absolute atomic E-state index is 0.0771. The molecule has 3 unspecified atom stereocenters. The van der Waals surface area contributed by atoms with Crippen molar-refractivity contribution in [1.29, 1.82) is 0 Å². The predicted molar refractivity (Wildman–Crippen MR) is 98.2 cm³/mol. The summed E-state index contributed by atoms with van der Waals surface area (Å²) in [7, 11) is -8.83. The minimum atomic E-state index is -4.66. The van der Waals surface area contributed by atoms with Crippen molar-refractivity contribution >= 4 is 45.8 Å². The van der Waals surface area contributed by atoms with Crippen molar-refractivity contribution in [3.05, 3.63) is 0 Å². The van der Waals surface area contributed by atoms with Crippen molar-refractivity contribution in [2.45, 2.75) is 37.4 Å². The van der Waals surface area contributed by atoms with Crippen LogP contribution in [-0.2, 0) is 32.3 Å². The molecule has 1 rings (SSSR count). The number of imide groups is 1. The second kappa shape index (κ2) is 10.7. The summed E-state index contributed by atoms with van der Waals surface area (Å²) in [5.41, 5.74) is 0. The van der Waals surface area contributed by atoms with Gasteiger partial charge in [0.05, 0.1) is 11.9 Å². The Morgan fingerprint density at radius 2 is 1.96 bits per heavy atom. The second-order valence-corrected chi connectivity index (χ2v) is 10.0. The molecule has 27 heavy (non-hydrogen) atoms. The van der Waals surface area contributed by atoms with E-state index in [-0.39, 0.29) is 43.7 Å². The molecule has 3 atom stereocenters. The number of hydrogen-bond donors (Lipinski definition) is 4. The Balaban J connectivity index is 2.09. The molecule has 1 aliphatic heterocycles. The van der Waals surface area contributed by atoms with Gasteiger partial charge in [0, 0.05) is 32.6 Å². The van der Waals surface area contributed by atoms with Gasteiger partial charge in [0.2, 0.25) is 17.7 Å². The number of carbonyl (C=O) groups is 3. The molecule has 14 heteroatoms. The maximum absolute atomic E-state index is 11.7. The number of thiol groups is 1. The van der Waals surface area contributed by atoms with E-state index in [9.17, 15) is 23.5 Å². The highest BCUT2D eigenvalue weighted by atomic mass is 32.1. The maximum Gasteiger partial charge on any atom is 0.479 e. The topological polar surface area (TPSA) is 160 Å². The molecular weight excluding hydrogens is 422 g/mol. The van der Waals surface area contributed by atoms with Gasteiger partial charge < -0.3 is 15.1 Å². The van der Waals surface area contributed by atoms with E-state index in [0.29, 0.717) is 25.8 Å². The zero-order valence-corrected chi connectivity index (χ0v) is 17.5. The fraction of sp³-hybridized carbons (Fsp3) is 0.769. The van der Waals surface area contributed by atoms with Crippen LogP contribution < -0.4 is 5.32 Å². The Kier molecular flexibility index (Phi) is 9.64. The molecule has 0 radical (unpaired) electrons. The Morgan fingerprint density at radius 3 is 2.52 bits per heavy atom. The lowest BCUT2D eigenvalue weighted by Gasteiger charge is -2.14. The molecule has 1 aliphatic rings. The van der Waals surface area contributed by atoms with Crippen LogP contribution in [0.2, 0.25) is 0 Å². The molecule has 3 amide bonds. The molecule has 0 aliphatic carbocycles. The lowest BCUT2D eigenvalue weighted by atomic mass is 10.2. The molecule has 0 aromatic rings. The molecule has 0 bridgehead atoms. The number of likely N-dealkylation sites (tertiary alicyclic amines) is 1. The number of phosphoric ester groups is 1. The summed E-state index contributed by atoms with van der Waals surface area (Å²) in [6, 6.07) is 0. The van der Waals surface area contributed by atoms with Crippen LogP contribution in [0.1, 0.15) is 32.1 Å². The van der Waals surface area contributed by atoms with Crippen LogP contribution in [0.5, 0.6) is 0 Å². The summed E-state index contributed by atoms with van der Waals surface area (Å²) >= 11 is 4.03. The van der Waals surface area contributed by atoms with Gasteiger partial charge in [-0.15, -0.1) is 0 Å². The molecule has 0 saturated carbocycles. The summed E-state index contributed by atoms with van der Waals surface area (Å²) in [6.07, 6.45) is 2.08. The standard InChI is InChI=1S/C13H24N2O9P2S/c1-25(19,20)24-26(21,22)23-8-6-14-11(16)5-3-2-4-7-15-12(17)9-10(27)13(15)18/h10,27H,2-9H2,1H3,(H,14,16)(H,19,20)(H,21,22). The Labute approximate surface area is 162 Å². The molecule has 11 nitrogen and oxygen atoms in total. The number of unbranched alkanes of at least 4 members (excludes halogenated alkanes) is 2. The third kappa shape index (κ3) is 9.84. The van der Waals surface area contributed by atoms with E-state index in [1.54, 1.807) is 0 Å². The van der Waals surface area contributed by atoms with E-state index in [2.05, 4.69) is 26.8 Å². The van der Waals surface area contributed by atoms with Crippen molar-refractivity contribution in [3.8, 4) is 0 Å². The molecule has 3 N–H and O–H groups in total. The fourth-order valence-corrected chi connectivity index (χ4v) is 4.63. The van der Waals surface area contributed by atoms with E-state index >= 15 is 0 Å². The fourth-order valence-electron chi connectivity index (χ4n) is 2.29. The average Bonchev–Trinajstić information content (AvgIpc) is 2.75. The molecule has 156 valence electrons. The predicted octanol–water partition coefficient (Wildman–Crippen LogP) is 0.669. The largest absolute Gasteiger partial charge is 0.479 e. The number of phosphoric acid groups is 1. The number of nitrogens with one attached hydrogen (secondary N) is 1. The highest BCUT2D eigenvalue weighted by Crippen LogP contribution is 2.57. The minimum Gasteiger partial charge on any atom is -0.354 e. The van der Waals surface area contributed by atoms with Gasteiger partial charge in [0.15, 0.2) is 0 Å². The summed E-state index contributed by atoms with van der Waals surface area (Å²) in [5.74, 6) is -0.824. The van der Waals surface area contributed by atoms with Crippen molar-refractivity contribution in [2.24, 2.45) is 0 Å². The van der Waals surface area contributed by atoms with E-state index in [1.807, 2.05) is 0 Å². The lowest BCUT2D eigenvalue weighted by Crippen LogP contribution is -2.31. The quantitative estimate of drug-likeness (QED) is 0.146. The van der Waals surface area contributed by atoms with Crippen LogP contribution in [0.4, 0.5) is 0 Å². The summed E-state index contributed by atoms with van der Waals surface area (Å²) in [6.45, 7) is 0.603. The number of rotatable bonds is 12. The first-order chi connectivity index (χ1) is 12.4. The molecule has 1 fully saturated rings. The first-order valence-electron chi connectivity index (χ1n) is 8.19. The van der Waals surface area contributed by atoms with Gasteiger partial charge in [-0.25, -0.2) is 8.88 Å². The van der Waals surface area contributed by atoms with Crippen LogP contribution in [0, 0.1) is 0 Å². The monoisotopic (exact) mass is 446 g/mol. The van der Waals surface area contributed by atoms with Gasteiger partial charge in [0.25, 0.3) is 0 Å². The van der Waals surface area contributed by atoms with Gasteiger partial charge in [-0.2, -0.15) is 12.6 Å². The second-order valence-electron chi connectivity index (χ2n) is 5.95. The van der Waals surface area contributed by atoms with E-state index in [4.69, 9.17) is 9.79 Å². The van der Waals surface area contributed by atoms with Crippen molar-refractivity contribution in [3.63, 3.8) is 0 Å². The normalized spacial score (nSPS) is 21.8. The van der Waals surface area contributed by atoms with E-state index in [1.165, 1.54) is 4.90 Å². The summed E-state index contributed by atoms with van der Waals surface area (Å²) in [4.78, 5) is 54.1. The zero-order valence-electron chi connectivity index (χ0n) is 14.8. The first kappa shape index (κ1) is 24.3. The molecule has 0 aromatic heterocycles. The molecule has 1 heterocycles. The Bertz CT molecular complexity index is 654. The van der Waals surface area contributed by atoms with Crippen molar-refractivity contribution < 1.29 is 42.1 Å². The van der Waals surface area contributed by atoms with Gasteiger partial charge in [-0.05, 0) is 12.8 Å². The number of hydrogen-bond acceptors (Lipinski definition) is 8. The van der Waals surface area contributed by atoms with Crippen LogP contribution >= 0.6 is 28.0 Å². The number of carbonyl (C=O) groups excluding carboxylic acids is 3. The van der Waals surface area contributed by atoms with Crippen LogP contribution in [0.25, 0.3) is 0 Å². The first-order valence-corrected chi connectivity index (χ1v) is 12.2. The van der Waals surface area contributed by atoms with Crippen LogP contribution in [-0.4, -0.2) is 64.0 Å². The average molecular weight is 446 g/mol. The maximum atomic E-state index is 11.7. The smallest absolute Gasteiger partial charge is 0.354 e. The third-order valence-corrected chi connectivity index (χ3v) is 6.39. The molecule has 0 spiro atoms. The summed E-state index contributed by atoms with van der Waals surface area (Å²) < 4.78 is 30.7.